The SMILES string of the molecule is Nc1nc(-c2cc(O)cc(Cl)c2)ns1. The van der Waals surface area contributed by atoms with Gasteiger partial charge in [-0.2, -0.15) is 9.36 Å². The maximum atomic E-state index is 9.29. The van der Waals surface area contributed by atoms with E-state index in [1.165, 1.54) is 12.1 Å². The second kappa shape index (κ2) is 3.43. The molecule has 0 aliphatic carbocycles. The van der Waals surface area contributed by atoms with Crippen LogP contribution in [0.25, 0.3) is 11.4 Å². The fraction of sp³-hybridized carbons (Fsp3) is 0. The molecule has 1 heterocycles. The number of nitrogens with two attached hydrogens (primary N) is 1. The molecular formula is C8H6ClN3OS. The predicted molar refractivity (Wildman–Crippen MR) is 56.4 cm³/mol. The average Bonchev–Trinajstić information content (AvgIpc) is 2.50. The lowest BCUT2D eigenvalue weighted by Crippen LogP contribution is -1.83. The van der Waals surface area contributed by atoms with Crippen molar-refractivity contribution in [3.05, 3.63) is 23.2 Å². The molecule has 6 heteroatoms. The first-order chi connectivity index (χ1) is 6.65. The van der Waals surface area contributed by atoms with E-state index >= 15 is 0 Å². The van der Waals surface area contributed by atoms with Crippen molar-refractivity contribution in [2.24, 2.45) is 0 Å². The molecule has 0 fully saturated rings. The third-order valence-electron chi connectivity index (χ3n) is 1.58. The van der Waals surface area contributed by atoms with Gasteiger partial charge in [-0.15, -0.1) is 0 Å². The summed E-state index contributed by atoms with van der Waals surface area (Å²) in [5.41, 5.74) is 6.10. The first kappa shape index (κ1) is 9.23. The van der Waals surface area contributed by atoms with E-state index in [0.717, 1.165) is 11.5 Å². The van der Waals surface area contributed by atoms with Crippen molar-refractivity contribution in [3.63, 3.8) is 0 Å². The number of aromatic hydroxyl groups is 1. The maximum Gasteiger partial charge on any atom is 0.200 e. The summed E-state index contributed by atoms with van der Waals surface area (Å²) >= 11 is 6.87. The molecule has 0 unspecified atom stereocenters. The van der Waals surface area contributed by atoms with Gasteiger partial charge < -0.3 is 10.8 Å². The first-order valence-corrected chi connectivity index (χ1v) is 4.89. The van der Waals surface area contributed by atoms with Crippen molar-refractivity contribution in [1.82, 2.24) is 9.36 Å². The molecule has 4 nitrogen and oxygen atoms in total. The minimum Gasteiger partial charge on any atom is -0.508 e. The van der Waals surface area contributed by atoms with Crippen LogP contribution in [0.5, 0.6) is 5.75 Å². The number of nitrogen functional groups attached to an aromatic ring is 1. The molecule has 72 valence electrons. The molecular weight excluding hydrogens is 222 g/mol. The normalized spacial score (nSPS) is 10.4. The van der Waals surface area contributed by atoms with E-state index in [9.17, 15) is 5.11 Å². The second-order valence-corrected chi connectivity index (χ2v) is 3.87. The highest BCUT2D eigenvalue weighted by atomic mass is 35.5. The Morgan fingerprint density at radius 3 is 2.71 bits per heavy atom. The van der Waals surface area contributed by atoms with Crippen molar-refractivity contribution in [1.29, 1.82) is 0 Å². The first-order valence-electron chi connectivity index (χ1n) is 3.74. The zero-order valence-corrected chi connectivity index (χ0v) is 8.51. The lowest BCUT2D eigenvalue weighted by Gasteiger charge is -1.97. The Morgan fingerprint density at radius 1 is 1.36 bits per heavy atom. The van der Waals surface area contributed by atoms with E-state index in [0.29, 0.717) is 21.5 Å². The van der Waals surface area contributed by atoms with Crippen LogP contribution >= 0.6 is 23.1 Å². The summed E-state index contributed by atoms with van der Waals surface area (Å²) in [4.78, 5) is 3.98. The zero-order valence-electron chi connectivity index (χ0n) is 6.94. The van der Waals surface area contributed by atoms with Gasteiger partial charge in [0.15, 0.2) is 11.0 Å². The summed E-state index contributed by atoms with van der Waals surface area (Å²) < 4.78 is 4.00. The minimum absolute atomic E-state index is 0.0841. The molecule has 0 aliphatic rings. The topological polar surface area (TPSA) is 72.0 Å². The summed E-state index contributed by atoms with van der Waals surface area (Å²) in [5, 5.41) is 10.1. The Labute approximate surface area is 89.1 Å². The van der Waals surface area contributed by atoms with Gasteiger partial charge in [-0.1, -0.05) is 11.6 Å². The monoisotopic (exact) mass is 227 g/mol. The predicted octanol–water partition coefficient (Wildman–Crippen LogP) is 2.15. The quantitative estimate of drug-likeness (QED) is 0.783. The Hall–Kier alpha value is -1.33. The number of hydrogen-bond donors (Lipinski definition) is 2. The second-order valence-electron chi connectivity index (χ2n) is 2.65. The summed E-state index contributed by atoms with van der Waals surface area (Å²) in [7, 11) is 0. The molecule has 0 bridgehead atoms. The van der Waals surface area contributed by atoms with Crippen LogP contribution in [-0.4, -0.2) is 14.5 Å². The highest BCUT2D eigenvalue weighted by molar-refractivity contribution is 7.09. The van der Waals surface area contributed by atoms with Gasteiger partial charge in [0.05, 0.1) is 0 Å². The molecule has 0 saturated heterocycles. The molecule has 0 spiro atoms. The third kappa shape index (κ3) is 1.78. The van der Waals surface area contributed by atoms with Crippen LogP contribution in [0.15, 0.2) is 18.2 Å². The molecule has 1 aromatic heterocycles. The van der Waals surface area contributed by atoms with E-state index in [1.807, 2.05) is 0 Å². The largest absolute Gasteiger partial charge is 0.508 e. The number of rotatable bonds is 1. The molecule has 0 amide bonds. The molecule has 0 saturated carbocycles. The van der Waals surface area contributed by atoms with Crippen LogP contribution in [-0.2, 0) is 0 Å². The molecule has 2 aromatic rings. The molecule has 0 aliphatic heterocycles. The van der Waals surface area contributed by atoms with Crippen LogP contribution in [0.3, 0.4) is 0 Å². The van der Waals surface area contributed by atoms with Gasteiger partial charge in [-0.05, 0) is 18.2 Å². The Bertz CT molecular complexity index is 451. The molecule has 2 rings (SSSR count). The molecule has 3 N–H and O–H groups in total. The van der Waals surface area contributed by atoms with E-state index in [4.69, 9.17) is 17.3 Å². The van der Waals surface area contributed by atoms with Crippen LogP contribution in [0, 0.1) is 0 Å². The van der Waals surface area contributed by atoms with Crippen LogP contribution in [0.2, 0.25) is 5.02 Å². The number of phenols is 1. The van der Waals surface area contributed by atoms with Crippen molar-refractivity contribution in [2.45, 2.75) is 0 Å². The summed E-state index contributed by atoms with van der Waals surface area (Å²) in [6.07, 6.45) is 0. The number of halogens is 1. The number of phenolic OH excluding ortho intramolecular Hbond substituents is 1. The Balaban J connectivity index is 2.51. The zero-order chi connectivity index (χ0) is 10.1. The Kier molecular flexibility index (Phi) is 2.26. The molecule has 0 atom stereocenters. The lowest BCUT2D eigenvalue weighted by atomic mass is 10.2. The van der Waals surface area contributed by atoms with Crippen molar-refractivity contribution in [3.8, 4) is 17.1 Å². The van der Waals surface area contributed by atoms with Crippen molar-refractivity contribution >= 4 is 28.3 Å². The van der Waals surface area contributed by atoms with Crippen LogP contribution < -0.4 is 5.73 Å². The third-order valence-corrected chi connectivity index (χ3v) is 2.34. The van der Waals surface area contributed by atoms with Crippen molar-refractivity contribution < 1.29 is 5.11 Å². The van der Waals surface area contributed by atoms with Gasteiger partial charge in [0.2, 0.25) is 0 Å². The molecule has 1 aromatic carbocycles. The number of nitrogens with zero attached hydrogens (tertiary/aromatic N) is 2. The number of hydrogen-bond acceptors (Lipinski definition) is 5. The van der Waals surface area contributed by atoms with Gasteiger partial charge in [-0.3, -0.25) is 0 Å². The van der Waals surface area contributed by atoms with Crippen LogP contribution in [0.4, 0.5) is 5.13 Å². The van der Waals surface area contributed by atoms with Crippen molar-refractivity contribution in [2.75, 3.05) is 5.73 Å². The van der Waals surface area contributed by atoms with E-state index in [1.54, 1.807) is 6.07 Å². The fourth-order valence-corrected chi connectivity index (χ4v) is 1.74. The fourth-order valence-electron chi connectivity index (χ4n) is 1.06. The summed E-state index contributed by atoms with van der Waals surface area (Å²) in [6.45, 7) is 0. The van der Waals surface area contributed by atoms with Gasteiger partial charge in [0.1, 0.15) is 5.75 Å². The van der Waals surface area contributed by atoms with Crippen LogP contribution in [0.1, 0.15) is 0 Å². The summed E-state index contributed by atoms with van der Waals surface area (Å²) in [6, 6.07) is 4.65. The summed E-state index contributed by atoms with van der Waals surface area (Å²) in [5.74, 6) is 0.561. The highest BCUT2D eigenvalue weighted by Gasteiger charge is 2.06. The smallest absolute Gasteiger partial charge is 0.200 e. The standard InChI is InChI=1S/C8H6ClN3OS/c9-5-1-4(2-6(13)3-5)7-11-8(10)14-12-7/h1-3,13H,(H2,10,11,12). The van der Waals surface area contributed by atoms with E-state index in [2.05, 4.69) is 9.36 Å². The lowest BCUT2D eigenvalue weighted by molar-refractivity contribution is 0.475. The number of aromatic nitrogens is 2. The minimum atomic E-state index is 0.0841. The highest BCUT2D eigenvalue weighted by Crippen LogP contribution is 2.27. The van der Waals surface area contributed by atoms with Gasteiger partial charge in [-0.25, -0.2) is 0 Å². The Morgan fingerprint density at radius 2 is 2.14 bits per heavy atom. The van der Waals surface area contributed by atoms with E-state index in [-0.39, 0.29) is 5.75 Å². The molecule has 0 radical (unpaired) electrons. The average molecular weight is 228 g/mol. The number of benzene rings is 1. The number of anilines is 1. The van der Waals surface area contributed by atoms with Gasteiger partial charge in [0.25, 0.3) is 0 Å². The van der Waals surface area contributed by atoms with Gasteiger partial charge in [0, 0.05) is 22.1 Å². The molecule has 14 heavy (non-hydrogen) atoms. The van der Waals surface area contributed by atoms with Gasteiger partial charge >= 0.3 is 0 Å². The maximum absolute atomic E-state index is 9.29. The van der Waals surface area contributed by atoms with E-state index < -0.39 is 0 Å².